The second kappa shape index (κ2) is 6.86. The summed E-state index contributed by atoms with van der Waals surface area (Å²) >= 11 is 0. The molecule has 1 aromatic carbocycles. The Morgan fingerprint density at radius 3 is 2.72 bits per heavy atom. The number of carbonyl (C=O) groups excluding carboxylic acids is 4. The van der Waals surface area contributed by atoms with Crippen LogP contribution in [0.2, 0.25) is 0 Å². The molecule has 29 heavy (non-hydrogen) atoms. The summed E-state index contributed by atoms with van der Waals surface area (Å²) in [6.45, 7) is 3.88. The first-order chi connectivity index (χ1) is 13.7. The summed E-state index contributed by atoms with van der Waals surface area (Å²) in [5.41, 5.74) is 1.35. The van der Waals surface area contributed by atoms with Crippen LogP contribution in [0.25, 0.3) is 0 Å². The lowest BCUT2D eigenvalue weighted by Gasteiger charge is -2.40. The molecule has 2 heterocycles. The van der Waals surface area contributed by atoms with Gasteiger partial charge in [-0.05, 0) is 54.9 Å². The predicted octanol–water partition coefficient (Wildman–Crippen LogP) is 2.40. The van der Waals surface area contributed by atoms with Gasteiger partial charge in [-0.25, -0.2) is 4.79 Å². The topological polar surface area (TPSA) is 108 Å². The number of hydrogen-bond acceptors (Lipinski definition) is 4. The van der Waals surface area contributed by atoms with Gasteiger partial charge in [-0.3, -0.25) is 19.3 Å². The number of hydrogen-bond donors (Lipinski definition) is 3. The molecule has 3 aliphatic rings. The maximum atomic E-state index is 13.0. The molecular weight excluding hydrogens is 372 g/mol. The first kappa shape index (κ1) is 19.4. The summed E-state index contributed by atoms with van der Waals surface area (Å²) in [4.78, 5) is 50.5. The quantitative estimate of drug-likeness (QED) is 0.680. The summed E-state index contributed by atoms with van der Waals surface area (Å²) in [6.07, 6.45) is 4.08. The molecule has 154 valence electrons. The van der Waals surface area contributed by atoms with Gasteiger partial charge < -0.3 is 16.0 Å². The number of benzene rings is 1. The Kier molecular flexibility index (Phi) is 4.59. The highest BCUT2D eigenvalue weighted by Gasteiger charge is 2.54. The van der Waals surface area contributed by atoms with E-state index in [1.807, 2.05) is 6.07 Å². The van der Waals surface area contributed by atoms with Crippen LogP contribution in [0.15, 0.2) is 18.2 Å². The van der Waals surface area contributed by atoms with Gasteiger partial charge in [-0.1, -0.05) is 20.3 Å². The summed E-state index contributed by atoms with van der Waals surface area (Å²) in [5, 5.41) is 8.40. The van der Waals surface area contributed by atoms with E-state index in [-0.39, 0.29) is 23.8 Å². The predicted molar refractivity (Wildman–Crippen MR) is 107 cm³/mol. The van der Waals surface area contributed by atoms with E-state index < -0.39 is 17.5 Å². The first-order valence-corrected chi connectivity index (χ1v) is 10.0. The summed E-state index contributed by atoms with van der Waals surface area (Å²) in [5.74, 6) is -0.758. The molecule has 2 fully saturated rings. The van der Waals surface area contributed by atoms with Crippen LogP contribution in [0.3, 0.4) is 0 Å². The van der Waals surface area contributed by atoms with Crippen LogP contribution in [-0.4, -0.2) is 40.7 Å². The zero-order valence-corrected chi connectivity index (χ0v) is 16.8. The van der Waals surface area contributed by atoms with Gasteiger partial charge in [0.1, 0.15) is 12.1 Å². The Balaban J connectivity index is 1.43. The van der Waals surface area contributed by atoms with Gasteiger partial charge in [0.2, 0.25) is 11.8 Å². The molecule has 1 atom stereocenters. The summed E-state index contributed by atoms with van der Waals surface area (Å²) in [7, 11) is 0. The number of aryl methyl sites for hydroxylation is 1. The Bertz CT molecular complexity index is 910. The van der Waals surface area contributed by atoms with E-state index in [0.29, 0.717) is 31.4 Å². The van der Waals surface area contributed by atoms with Crippen molar-refractivity contribution in [1.29, 1.82) is 0 Å². The summed E-state index contributed by atoms with van der Waals surface area (Å²) in [6, 6.07) is 4.74. The Morgan fingerprint density at radius 2 is 1.97 bits per heavy atom. The number of amides is 5. The SMILES string of the molecule is CC1(C)CCCC2(C1)NC(=O)N(CC(=O)Nc1ccc3c(c1)CCC(=O)N3)C2=O. The average Bonchev–Trinajstić information content (AvgIpc) is 2.84. The smallest absolute Gasteiger partial charge is 0.325 e. The van der Waals surface area contributed by atoms with Gasteiger partial charge in [-0.2, -0.15) is 0 Å². The maximum Gasteiger partial charge on any atom is 0.325 e. The van der Waals surface area contributed by atoms with Crippen molar-refractivity contribution in [3.05, 3.63) is 23.8 Å². The molecule has 8 heteroatoms. The van der Waals surface area contributed by atoms with E-state index in [1.165, 1.54) is 0 Å². The molecule has 1 aromatic rings. The molecule has 8 nitrogen and oxygen atoms in total. The highest BCUT2D eigenvalue weighted by Crippen LogP contribution is 2.43. The Morgan fingerprint density at radius 1 is 1.17 bits per heavy atom. The fourth-order valence-electron chi connectivity index (χ4n) is 4.78. The van der Waals surface area contributed by atoms with Gasteiger partial charge in [0, 0.05) is 17.8 Å². The molecule has 1 aliphatic carbocycles. The molecule has 5 amide bonds. The number of nitrogens with one attached hydrogen (secondary N) is 3. The zero-order chi connectivity index (χ0) is 20.8. The van der Waals surface area contributed by atoms with Crippen molar-refractivity contribution in [2.75, 3.05) is 17.2 Å². The lowest BCUT2D eigenvalue weighted by atomic mass is 9.68. The Hall–Kier alpha value is -2.90. The third kappa shape index (κ3) is 3.71. The van der Waals surface area contributed by atoms with Gasteiger partial charge in [-0.15, -0.1) is 0 Å². The molecule has 1 unspecified atom stereocenters. The van der Waals surface area contributed by atoms with Gasteiger partial charge in [0.05, 0.1) is 0 Å². The van der Waals surface area contributed by atoms with E-state index in [1.54, 1.807) is 12.1 Å². The average molecular weight is 398 g/mol. The molecule has 1 spiro atoms. The van der Waals surface area contributed by atoms with Crippen LogP contribution in [-0.2, 0) is 20.8 Å². The lowest BCUT2D eigenvalue weighted by Crippen LogP contribution is -2.52. The largest absolute Gasteiger partial charge is 0.326 e. The van der Waals surface area contributed by atoms with Crippen molar-refractivity contribution >= 4 is 35.1 Å². The second-order valence-corrected chi connectivity index (χ2v) is 9.07. The molecular formula is C21H26N4O4. The molecule has 1 saturated heterocycles. The molecule has 3 N–H and O–H groups in total. The minimum atomic E-state index is -0.886. The fourth-order valence-corrected chi connectivity index (χ4v) is 4.78. The minimum Gasteiger partial charge on any atom is -0.326 e. The van der Waals surface area contributed by atoms with Crippen LogP contribution < -0.4 is 16.0 Å². The van der Waals surface area contributed by atoms with E-state index in [0.717, 1.165) is 29.0 Å². The van der Waals surface area contributed by atoms with Crippen molar-refractivity contribution in [2.45, 2.75) is 57.9 Å². The molecule has 0 bridgehead atoms. The van der Waals surface area contributed by atoms with Crippen molar-refractivity contribution in [2.24, 2.45) is 5.41 Å². The summed E-state index contributed by atoms with van der Waals surface area (Å²) < 4.78 is 0. The molecule has 0 radical (unpaired) electrons. The third-order valence-electron chi connectivity index (χ3n) is 6.07. The van der Waals surface area contributed by atoms with Crippen molar-refractivity contribution in [3.63, 3.8) is 0 Å². The van der Waals surface area contributed by atoms with Crippen LogP contribution in [0.1, 0.15) is 51.5 Å². The number of rotatable bonds is 3. The van der Waals surface area contributed by atoms with Gasteiger partial charge in [0.25, 0.3) is 5.91 Å². The highest BCUT2D eigenvalue weighted by atomic mass is 16.2. The number of urea groups is 1. The van der Waals surface area contributed by atoms with Crippen molar-refractivity contribution in [3.8, 4) is 0 Å². The number of anilines is 2. The van der Waals surface area contributed by atoms with Gasteiger partial charge >= 0.3 is 6.03 Å². The minimum absolute atomic E-state index is 0.0207. The first-order valence-electron chi connectivity index (χ1n) is 10.0. The standard InChI is InChI=1S/C21H26N4O4/c1-20(2)8-3-9-21(12-20)18(28)25(19(29)24-21)11-17(27)22-14-5-6-15-13(10-14)4-7-16(26)23-15/h5-6,10H,3-4,7-9,11-12H2,1-2H3,(H,22,27)(H,23,26)(H,24,29). The van der Waals surface area contributed by atoms with E-state index in [2.05, 4.69) is 29.8 Å². The molecule has 2 aliphatic heterocycles. The van der Waals surface area contributed by atoms with E-state index in [9.17, 15) is 19.2 Å². The van der Waals surface area contributed by atoms with Crippen LogP contribution in [0.5, 0.6) is 0 Å². The molecule has 1 saturated carbocycles. The third-order valence-corrected chi connectivity index (χ3v) is 6.07. The maximum absolute atomic E-state index is 13.0. The molecule has 0 aromatic heterocycles. The lowest BCUT2D eigenvalue weighted by molar-refractivity contribution is -0.136. The number of nitrogens with zero attached hydrogens (tertiary/aromatic N) is 1. The van der Waals surface area contributed by atoms with E-state index >= 15 is 0 Å². The molecule has 4 rings (SSSR count). The number of fused-ring (bicyclic) bond motifs is 1. The van der Waals surface area contributed by atoms with Crippen molar-refractivity contribution in [1.82, 2.24) is 10.2 Å². The number of carbonyl (C=O) groups is 4. The van der Waals surface area contributed by atoms with Crippen LogP contribution in [0.4, 0.5) is 16.2 Å². The number of imide groups is 1. The second-order valence-electron chi connectivity index (χ2n) is 9.07. The van der Waals surface area contributed by atoms with Crippen LogP contribution in [0, 0.1) is 5.41 Å². The highest BCUT2D eigenvalue weighted by molar-refractivity contribution is 6.10. The Labute approximate surface area is 169 Å². The zero-order valence-electron chi connectivity index (χ0n) is 16.8. The van der Waals surface area contributed by atoms with Crippen LogP contribution >= 0.6 is 0 Å². The van der Waals surface area contributed by atoms with Crippen molar-refractivity contribution < 1.29 is 19.2 Å². The van der Waals surface area contributed by atoms with E-state index in [4.69, 9.17) is 0 Å². The monoisotopic (exact) mass is 398 g/mol. The normalized spacial score (nSPS) is 25.4. The van der Waals surface area contributed by atoms with Gasteiger partial charge in [0.15, 0.2) is 0 Å². The fraction of sp³-hybridized carbons (Fsp3) is 0.524.